The molecule has 1 aromatic carbocycles. The fourth-order valence-corrected chi connectivity index (χ4v) is 3.04. The first-order valence-electron chi connectivity index (χ1n) is 3.74. The molecule has 0 aliphatic carbocycles. The molecule has 0 bridgehead atoms. The summed E-state index contributed by atoms with van der Waals surface area (Å²) in [6, 6.07) is 6.93. The number of alkyl halides is 3. The maximum atomic E-state index is 13.1. The van der Waals surface area contributed by atoms with E-state index in [2.05, 4.69) is 15.9 Å². The second-order valence-corrected chi connectivity index (χ2v) is 5.59. The minimum atomic E-state index is -4.63. The van der Waals surface area contributed by atoms with Crippen LogP contribution >= 0.6 is 23.3 Å². The van der Waals surface area contributed by atoms with Crippen LogP contribution in [0.25, 0.3) is 0 Å². The zero-order chi connectivity index (χ0) is 10.8. The largest absolute Gasteiger partial charge is 0.337 e. The Morgan fingerprint density at radius 1 is 1.36 bits per heavy atom. The summed E-state index contributed by atoms with van der Waals surface area (Å²) in [5.74, 6) is 0. The molecule has 0 spiro atoms. The Labute approximate surface area is 88.5 Å². The zero-order valence-electron chi connectivity index (χ0n) is 7.03. The van der Waals surface area contributed by atoms with Crippen LogP contribution in [0.5, 0.6) is 0 Å². The molecule has 1 N–H and O–H groups in total. The minimum absolute atomic E-state index is 0.232. The van der Waals surface area contributed by atoms with Crippen molar-refractivity contribution in [1.82, 2.24) is 0 Å². The molecule has 0 radical (unpaired) electrons. The van der Waals surface area contributed by atoms with Gasteiger partial charge in [-0.15, -0.1) is 0 Å². The molecule has 6 heteroatoms. The molecule has 0 heterocycles. The van der Waals surface area contributed by atoms with E-state index in [9.17, 15) is 18.2 Å². The van der Waals surface area contributed by atoms with Gasteiger partial charge in [-0.2, -0.15) is 8.78 Å². The van der Waals surface area contributed by atoms with Crippen molar-refractivity contribution in [3.63, 3.8) is 0 Å². The summed E-state index contributed by atoms with van der Waals surface area (Å²) in [4.78, 5) is 9.29. The van der Waals surface area contributed by atoms with Crippen molar-refractivity contribution in [3.05, 3.63) is 30.3 Å². The van der Waals surface area contributed by atoms with Crippen LogP contribution in [0.3, 0.4) is 0 Å². The highest BCUT2D eigenvalue weighted by Crippen LogP contribution is 2.56. The maximum Gasteiger partial charge on any atom is 0.335 e. The molecule has 0 amide bonds. The van der Waals surface area contributed by atoms with E-state index in [0.29, 0.717) is 0 Å². The van der Waals surface area contributed by atoms with Crippen LogP contribution in [0, 0.1) is 0 Å². The Morgan fingerprint density at radius 2 is 1.86 bits per heavy atom. The predicted octanol–water partition coefficient (Wildman–Crippen LogP) is 2.57. The molecule has 1 rings (SSSR count). The molecule has 1 atom stereocenters. The van der Waals surface area contributed by atoms with Crippen molar-refractivity contribution in [2.24, 2.45) is 0 Å². The predicted molar refractivity (Wildman–Crippen MR) is 54.6 cm³/mol. The van der Waals surface area contributed by atoms with Crippen LogP contribution in [-0.2, 0) is 4.57 Å². The molecule has 1 aromatic rings. The van der Waals surface area contributed by atoms with Crippen molar-refractivity contribution >= 4 is 28.6 Å². The Morgan fingerprint density at radius 3 is 2.29 bits per heavy atom. The summed E-state index contributed by atoms with van der Waals surface area (Å²) in [5, 5.41) is -1.06. The highest BCUT2D eigenvalue weighted by Gasteiger charge is 2.49. The average Bonchev–Trinajstić information content (AvgIpc) is 2.19. The summed E-state index contributed by atoms with van der Waals surface area (Å²) in [6.07, 6.45) is 0. The lowest BCUT2D eigenvalue weighted by atomic mass is 10.4. The molecule has 14 heavy (non-hydrogen) atoms. The van der Waals surface area contributed by atoms with Crippen LogP contribution in [0.2, 0.25) is 0 Å². The number of hydrogen-bond donors (Lipinski definition) is 1. The molecule has 78 valence electrons. The molecule has 1 unspecified atom stereocenters. The van der Waals surface area contributed by atoms with Gasteiger partial charge >= 0.3 is 5.66 Å². The monoisotopic (exact) mass is 284 g/mol. The summed E-state index contributed by atoms with van der Waals surface area (Å²) in [5.41, 5.74) is -3.63. The molecule has 0 aliphatic heterocycles. The Balaban J connectivity index is 3.15. The first-order valence-corrected chi connectivity index (χ1v) is 6.52. The SMILES string of the molecule is O=P(O)(c1ccccc1)C(F)(F)CBr. The summed E-state index contributed by atoms with van der Waals surface area (Å²) in [7, 11) is -4.63. The summed E-state index contributed by atoms with van der Waals surface area (Å²) < 4.78 is 37.6. The van der Waals surface area contributed by atoms with Crippen LogP contribution in [0.4, 0.5) is 8.78 Å². The van der Waals surface area contributed by atoms with Crippen molar-refractivity contribution in [3.8, 4) is 0 Å². The van der Waals surface area contributed by atoms with Crippen LogP contribution in [0.15, 0.2) is 30.3 Å². The fourth-order valence-electron chi connectivity index (χ4n) is 0.900. The van der Waals surface area contributed by atoms with E-state index in [-0.39, 0.29) is 5.30 Å². The first kappa shape index (κ1) is 11.8. The van der Waals surface area contributed by atoms with E-state index in [1.165, 1.54) is 24.3 Å². The van der Waals surface area contributed by atoms with Crippen molar-refractivity contribution in [2.45, 2.75) is 5.66 Å². The quantitative estimate of drug-likeness (QED) is 0.684. The Kier molecular flexibility index (Phi) is 3.45. The van der Waals surface area contributed by atoms with Gasteiger partial charge in [-0.1, -0.05) is 34.1 Å². The lowest BCUT2D eigenvalue weighted by Crippen LogP contribution is -2.25. The fraction of sp³-hybridized carbons (Fsp3) is 0.250. The molecule has 2 nitrogen and oxygen atoms in total. The topological polar surface area (TPSA) is 37.3 Å². The van der Waals surface area contributed by atoms with Gasteiger partial charge in [0.1, 0.15) is 0 Å². The van der Waals surface area contributed by atoms with Crippen molar-refractivity contribution < 1.29 is 18.2 Å². The standard InChI is InChI=1S/C8H8BrF2O2P/c9-6-8(10,11)14(12,13)7-4-2-1-3-5-7/h1-5H,6H2,(H,12,13). The van der Waals surface area contributed by atoms with Crippen LogP contribution < -0.4 is 5.30 Å². The second kappa shape index (κ2) is 4.09. The third kappa shape index (κ3) is 2.05. The first-order chi connectivity index (χ1) is 6.42. The molecule has 0 saturated carbocycles. The molecule has 0 fully saturated rings. The Bertz CT molecular complexity index is 356. The number of benzene rings is 1. The van der Waals surface area contributed by atoms with Crippen LogP contribution in [0.1, 0.15) is 0 Å². The third-order valence-electron chi connectivity index (χ3n) is 1.71. The molecular weight excluding hydrogens is 277 g/mol. The van der Waals surface area contributed by atoms with Gasteiger partial charge in [-0.3, -0.25) is 4.57 Å². The van der Waals surface area contributed by atoms with Gasteiger partial charge in [0.15, 0.2) is 0 Å². The summed E-state index contributed by atoms with van der Waals surface area (Å²) in [6.45, 7) is 0. The highest BCUT2D eigenvalue weighted by molar-refractivity contribution is 9.09. The van der Waals surface area contributed by atoms with E-state index in [0.717, 1.165) is 0 Å². The smallest absolute Gasteiger partial charge is 0.335 e. The van der Waals surface area contributed by atoms with Crippen molar-refractivity contribution in [1.29, 1.82) is 0 Å². The van der Waals surface area contributed by atoms with E-state index < -0.39 is 18.4 Å². The van der Waals surface area contributed by atoms with E-state index in [1.54, 1.807) is 6.07 Å². The lowest BCUT2D eigenvalue weighted by molar-refractivity contribution is 0.107. The minimum Gasteiger partial charge on any atom is -0.337 e. The van der Waals surface area contributed by atoms with Gasteiger partial charge in [0.05, 0.1) is 5.33 Å². The van der Waals surface area contributed by atoms with Crippen LogP contribution in [-0.4, -0.2) is 15.9 Å². The number of halogens is 3. The lowest BCUT2D eigenvalue weighted by Gasteiger charge is -2.20. The molecule has 0 aliphatic rings. The van der Waals surface area contributed by atoms with Crippen molar-refractivity contribution in [2.75, 3.05) is 5.33 Å². The maximum absolute atomic E-state index is 13.1. The van der Waals surface area contributed by atoms with E-state index >= 15 is 0 Å². The average molecular weight is 285 g/mol. The van der Waals surface area contributed by atoms with Gasteiger partial charge in [-0.05, 0) is 12.1 Å². The number of rotatable bonds is 3. The van der Waals surface area contributed by atoms with Gasteiger partial charge in [0.2, 0.25) is 0 Å². The normalized spacial score (nSPS) is 16.3. The van der Waals surface area contributed by atoms with E-state index in [4.69, 9.17) is 0 Å². The Hall–Kier alpha value is -0.250. The summed E-state index contributed by atoms with van der Waals surface area (Å²) >= 11 is 2.52. The third-order valence-corrected chi connectivity index (χ3v) is 4.89. The zero-order valence-corrected chi connectivity index (χ0v) is 9.51. The van der Waals surface area contributed by atoms with Gasteiger partial charge < -0.3 is 4.89 Å². The van der Waals surface area contributed by atoms with Gasteiger partial charge in [-0.25, -0.2) is 0 Å². The molecule has 0 saturated heterocycles. The second-order valence-electron chi connectivity index (χ2n) is 2.71. The van der Waals surface area contributed by atoms with Gasteiger partial charge in [0.25, 0.3) is 7.37 Å². The van der Waals surface area contributed by atoms with Gasteiger partial charge in [0, 0.05) is 5.30 Å². The van der Waals surface area contributed by atoms with E-state index in [1.807, 2.05) is 0 Å². The molecular formula is C8H8BrF2O2P. The highest BCUT2D eigenvalue weighted by atomic mass is 79.9. The number of hydrogen-bond acceptors (Lipinski definition) is 1. The molecule has 0 aromatic heterocycles.